The first-order valence-corrected chi connectivity index (χ1v) is 10.9. The Bertz CT molecular complexity index is 1190. The van der Waals surface area contributed by atoms with Crippen molar-refractivity contribution in [1.82, 2.24) is 5.32 Å². The van der Waals surface area contributed by atoms with Crippen molar-refractivity contribution in [1.29, 1.82) is 5.26 Å². The van der Waals surface area contributed by atoms with Crippen molar-refractivity contribution < 1.29 is 22.8 Å². The van der Waals surface area contributed by atoms with E-state index in [0.29, 0.717) is 12.8 Å². The average Bonchev–Trinajstić information content (AvgIpc) is 3.63. The molecule has 2 saturated carbocycles. The van der Waals surface area contributed by atoms with E-state index < -0.39 is 45.3 Å². The maximum atomic E-state index is 13.0. The summed E-state index contributed by atoms with van der Waals surface area (Å²) in [6.45, 7) is 0. The maximum absolute atomic E-state index is 13.0. The molecule has 0 unspecified atom stereocenters. The lowest BCUT2D eigenvalue weighted by Crippen LogP contribution is -2.35. The standard InChI is InChI=1S/C22H15Cl3F3N3O2/c23-15-5-4-13(9-14(15)18(32)31-20(10-29)6-7-20)30-19(33)17-16(21(17,24)25)11-2-1-3-12(8-11)22(26,27)28/h1-5,8-9,16-17H,6-7H2,(H,30,33)(H,31,32)/t16-,17+/m1/s1. The van der Waals surface area contributed by atoms with Crippen LogP contribution in [0.3, 0.4) is 0 Å². The first-order valence-electron chi connectivity index (χ1n) is 9.77. The molecule has 2 N–H and O–H groups in total. The molecule has 2 aromatic carbocycles. The van der Waals surface area contributed by atoms with Gasteiger partial charge in [0.25, 0.3) is 5.91 Å². The Morgan fingerprint density at radius 3 is 2.42 bits per heavy atom. The van der Waals surface area contributed by atoms with Gasteiger partial charge in [0.15, 0.2) is 0 Å². The van der Waals surface area contributed by atoms with Crippen molar-refractivity contribution in [2.45, 2.75) is 34.8 Å². The SMILES string of the molecule is N#CC1(NC(=O)c2cc(NC(=O)[C@@H]3[C@@H](c4cccc(C(F)(F)F)c4)C3(Cl)Cl)ccc2Cl)CC1. The molecule has 5 nitrogen and oxygen atoms in total. The molecule has 4 rings (SSSR count). The fourth-order valence-corrected chi connectivity index (χ4v) is 4.68. The van der Waals surface area contributed by atoms with Gasteiger partial charge in [-0.1, -0.05) is 29.8 Å². The van der Waals surface area contributed by atoms with E-state index in [2.05, 4.69) is 10.6 Å². The van der Waals surface area contributed by atoms with Crippen LogP contribution in [0.15, 0.2) is 42.5 Å². The monoisotopic (exact) mass is 515 g/mol. The van der Waals surface area contributed by atoms with Crippen molar-refractivity contribution in [2.24, 2.45) is 5.92 Å². The zero-order valence-corrected chi connectivity index (χ0v) is 18.9. The predicted molar refractivity (Wildman–Crippen MR) is 117 cm³/mol. The normalized spacial score (nSPS) is 22.1. The zero-order chi connectivity index (χ0) is 24.2. The van der Waals surface area contributed by atoms with Crippen LogP contribution in [0.4, 0.5) is 18.9 Å². The Morgan fingerprint density at radius 1 is 1.12 bits per heavy atom. The third-order valence-corrected chi connectivity index (χ3v) is 6.97. The molecule has 0 saturated heterocycles. The van der Waals surface area contributed by atoms with Gasteiger partial charge in [-0.05, 0) is 42.7 Å². The number of nitrogens with zero attached hydrogens (tertiary/aromatic N) is 1. The van der Waals surface area contributed by atoms with Crippen molar-refractivity contribution in [2.75, 3.05) is 5.32 Å². The Kier molecular flexibility index (Phi) is 5.80. The topological polar surface area (TPSA) is 82.0 Å². The molecule has 0 heterocycles. The van der Waals surface area contributed by atoms with Crippen molar-refractivity contribution >= 4 is 52.3 Å². The van der Waals surface area contributed by atoms with E-state index in [9.17, 15) is 22.8 Å². The quantitative estimate of drug-likeness (QED) is 0.502. The van der Waals surface area contributed by atoms with Gasteiger partial charge in [0.05, 0.1) is 28.1 Å². The van der Waals surface area contributed by atoms with Gasteiger partial charge in [-0.25, -0.2) is 0 Å². The average molecular weight is 517 g/mol. The second kappa shape index (κ2) is 8.08. The number of hydrogen-bond donors (Lipinski definition) is 2. The molecule has 0 aliphatic heterocycles. The third-order valence-electron chi connectivity index (χ3n) is 5.70. The van der Waals surface area contributed by atoms with Gasteiger partial charge in [-0.3, -0.25) is 9.59 Å². The van der Waals surface area contributed by atoms with Crippen molar-refractivity contribution in [3.8, 4) is 6.07 Å². The van der Waals surface area contributed by atoms with Crippen LogP contribution in [-0.2, 0) is 11.0 Å². The number of halogens is 6. The van der Waals surface area contributed by atoms with Crippen molar-refractivity contribution in [3.63, 3.8) is 0 Å². The highest BCUT2D eigenvalue weighted by atomic mass is 35.5. The molecule has 2 aliphatic rings. The second-order valence-electron chi connectivity index (χ2n) is 8.09. The van der Waals surface area contributed by atoms with Gasteiger partial charge in [-0.2, -0.15) is 18.4 Å². The molecule has 172 valence electrons. The summed E-state index contributed by atoms with van der Waals surface area (Å²) < 4.78 is 37.5. The number of anilines is 1. The van der Waals surface area contributed by atoms with Crippen LogP contribution >= 0.6 is 34.8 Å². The molecular weight excluding hydrogens is 502 g/mol. The van der Waals surface area contributed by atoms with Gasteiger partial charge in [0.2, 0.25) is 5.91 Å². The van der Waals surface area contributed by atoms with Crippen LogP contribution in [0.5, 0.6) is 0 Å². The van der Waals surface area contributed by atoms with Gasteiger partial charge in [0, 0.05) is 11.6 Å². The molecular formula is C22H15Cl3F3N3O2. The first kappa shape index (κ1) is 23.7. The number of carbonyl (C=O) groups excluding carboxylic acids is 2. The number of rotatable bonds is 5. The van der Waals surface area contributed by atoms with E-state index in [-0.39, 0.29) is 21.8 Å². The van der Waals surface area contributed by atoms with E-state index >= 15 is 0 Å². The van der Waals surface area contributed by atoms with Crippen molar-refractivity contribution in [3.05, 3.63) is 64.2 Å². The lowest BCUT2D eigenvalue weighted by Gasteiger charge is -2.12. The summed E-state index contributed by atoms with van der Waals surface area (Å²) in [5.74, 6) is -3.03. The number of nitriles is 1. The van der Waals surface area contributed by atoms with Crippen LogP contribution in [0, 0.1) is 17.2 Å². The number of alkyl halides is 5. The number of amides is 2. The summed E-state index contributed by atoms with van der Waals surface area (Å²) in [7, 11) is 0. The van der Waals surface area contributed by atoms with Crippen LogP contribution < -0.4 is 10.6 Å². The Hall–Kier alpha value is -2.47. The molecule has 0 aromatic heterocycles. The molecule has 11 heteroatoms. The van der Waals surface area contributed by atoms with E-state index in [4.69, 9.17) is 40.1 Å². The fraction of sp³-hybridized carbons (Fsp3) is 0.318. The third kappa shape index (κ3) is 4.63. The highest BCUT2D eigenvalue weighted by molar-refractivity contribution is 6.53. The van der Waals surface area contributed by atoms with Crippen LogP contribution in [-0.4, -0.2) is 21.7 Å². The number of hydrogen-bond acceptors (Lipinski definition) is 3. The summed E-state index contributed by atoms with van der Waals surface area (Å²) in [6, 6.07) is 10.7. The van der Waals surface area contributed by atoms with E-state index in [1.54, 1.807) is 0 Å². The van der Waals surface area contributed by atoms with E-state index in [0.717, 1.165) is 12.1 Å². The number of benzene rings is 2. The Balaban J connectivity index is 1.51. The molecule has 2 fully saturated rings. The summed E-state index contributed by atoms with van der Waals surface area (Å²) in [4.78, 5) is 25.4. The van der Waals surface area contributed by atoms with E-state index in [1.807, 2.05) is 6.07 Å². The van der Waals surface area contributed by atoms with E-state index in [1.165, 1.54) is 30.3 Å². The lowest BCUT2D eigenvalue weighted by atomic mass is 10.1. The van der Waals surface area contributed by atoms with Crippen LogP contribution in [0.25, 0.3) is 0 Å². The molecule has 2 amide bonds. The van der Waals surface area contributed by atoms with Crippen LogP contribution in [0.1, 0.15) is 40.2 Å². The molecule has 2 aliphatic carbocycles. The molecule has 33 heavy (non-hydrogen) atoms. The second-order valence-corrected chi connectivity index (χ2v) is 9.94. The van der Waals surface area contributed by atoms with Gasteiger partial charge in [0.1, 0.15) is 9.87 Å². The summed E-state index contributed by atoms with van der Waals surface area (Å²) >= 11 is 18.6. The Morgan fingerprint density at radius 2 is 1.82 bits per heavy atom. The summed E-state index contributed by atoms with van der Waals surface area (Å²) in [5.41, 5.74) is -1.30. The smallest absolute Gasteiger partial charge is 0.334 e. The molecule has 2 atom stereocenters. The first-order chi connectivity index (χ1) is 15.4. The minimum atomic E-state index is -4.55. The maximum Gasteiger partial charge on any atom is 0.416 e. The number of nitrogens with one attached hydrogen (secondary N) is 2. The minimum Gasteiger partial charge on any atom is -0.334 e. The highest BCUT2D eigenvalue weighted by Crippen LogP contribution is 2.65. The molecule has 0 spiro atoms. The van der Waals surface area contributed by atoms with Gasteiger partial charge < -0.3 is 10.6 Å². The highest BCUT2D eigenvalue weighted by Gasteiger charge is 2.67. The van der Waals surface area contributed by atoms with Gasteiger partial charge in [-0.15, -0.1) is 23.2 Å². The number of carbonyl (C=O) groups is 2. The largest absolute Gasteiger partial charge is 0.416 e. The molecule has 0 radical (unpaired) electrons. The zero-order valence-electron chi connectivity index (χ0n) is 16.6. The minimum absolute atomic E-state index is 0.0595. The molecule has 0 bridgehead atoms. The summed E-state index contributed by atoms with van der Waals surface area (Å²) in [5, 5.41) is 14.5. The van der Waals surface area contributed by atoms with Gasteiger partial charge >= 0.3 is 6.18 Å². The molecule has 2 aromatic rings. The lowest BCUT2D eigenvalue weighted by molar-refractivity contribution is -0.137. The predicted octanol–water partition coefficient (Wildman–Crippen LogP) is 5.67. The fourth-order valence-electron chi connectivity index (χ4n) is 3.65. The Labute approximate surface area is 201 Å². The van der Waals surface area contributed by atoms with Crippen LogP contribution in [0.2, 0.25) is 5.02 Å². The summed E-state index contributed by atoms with van der Waals surface area (Å²) in [6.07, 6.45) is -3.47.